The topological polar surface area (TPSA) is 76.5 Å². The van der Waals surface area contributed by atoms with E-state index in [2.05, 4.69) is 10.3 Å². The van der Waals surface area contributed by atoms with E-state index in [9.17, 15) is 14.0 Å². The van der Waals surface area contributed by atoms with Crippen LogP contribution in [0.1, 0.15) is 32.8 Å². The van der Waals surface area contributed by atoms with Crippen LogP contribution < -0.4 is 10.9 Å². The van der Waals surface area contributed by atoms with Crippen molar-refractivity contribution >= 4 is 45.9 Å². The maximum Gasteiger partial charge on any atom is 0.410 e. The molecule has 7 nitrogen and oxygen atoms in total. The number of amides is 1. The van der Waals surface area contributed by atoms with Crippen molar-refractivity contribution in [1.29, 1.82) is 0 Å². The molecule has 11 heteroatoms. The Morgan fingerprint density at radius 3 is 2.60 bits per heavy atom. The summed E-state index contributed by atoms with van der Waals surface area (Å²) in [4.78, 5) is 30.8. The Hall–Kier alpha value is -2.91. The number of likely N-dealkylation sites (tertiary alicyclic amines) is 1. The zero-order valence-electron chi connectivity index (χ0n) is 19.6. The number of fused-ring (bicyclic) bond motifs is 1. The standard InChI is InChI=1S/C24H24Cl2F2N4O3/c1-23(2,3)35-22(34)32-8-7-24(11-32,18-16(27)6-5-15(25)19(18)26)30-13-9-14-20(17(28)10-13)29-12-31(4)21(14)33/h5-6,9-10,12,30H,7-8,11H2,1-4H3/t24-/m1/s1. The molecule has 1 aliphatic heterocycles. The number of benzene rings is 2. The molecule has 0 radical (unpaired) electrons. The lowest BCUT2D eigenvalue weighted by Gasteiger charge is -2.34. The molecule has 1 aliphatic rings. The van der Waals surface area contributed by atoms with E-state index >= 15 is 4.39 Å². The predicted octanol–water partition coefficient (Wildman–Crippen LogP) is 5.47. The van der Waals surface area contributed by atoms with Crippen LogP contribution in [-0.2, 0) is 17.3 Å². The van der Waals surface area contributed by atoms with Crippen molar-refractivity contribution in [3.05, 3.63) is 68.2 Å². The van der Waals surface area contributed by atoms with Crippen molar-refractivity contribution in [3.8, 4) is 0 Å². The van der Waals surface area contributed by atoms with Gasteiger partial charge in [0.2, 0.25) is 0 Å². The number of carbonyl (C=O) groups is 1. The molecule has 4 rings (SSSR count). The van der Waals surface area contributed by atoms with Gasteiger partial charge in [0.15, 0.2) is 5.82 Å². The molecule has 3 aromatic rings. The number of ether oxygens (including phenoxy) is 1. The lowest BCUT2D eigenvalue weighted by molar-refractivity contribution is 0.0286. The lowest BCUT2D eigenvalue weighted by Crippen LogP contribution is -2.42. The second-order valence-corrected chi connectivity index (χ2v) is 10.4. The summed E-state index contributed by atoms with van der Waals surface area (Å²) in [6.45, 7) is 5.40. The van der Waals surface area contributed by atoms with Crippen molar-refractivity contribution < 1.29 is 18.3 Å². The molecule has 0 aliphatic carbocycles. The number of carbonyl (C=O) groups excluding carboxylic acids is 1. The van der Waals surface area contributed by atoms with E-state index in [-0.39, 0.29) is 51.7 Å². The molecule has 0 saturated carbocycles. The molecular formula is C24H24Cl2F2N4O3. The van der Waals surface area contributed by atoms with Crippen LogP contribution in [0.2, 0.25) is 10.0 Å². The second-order valence-electron chi connectivity index (χ2n) is 9.59. The predicted molar refractivity (Wildman–Crippen MR) is 131 cm³/mol. The first-order chi connectivity index (χ1) is 16.3. The van der Waals surface area contributed by atoms with Gasteiger partial charge in [0, 0.05) is 24.8 Å². The summed E-state index contributed by atoms with van der Waals surface area (Å²) in [6.07, 6.45) is 0.870. The third-order valence-corrected chi connectivity index (χ3v) is 6.61. The highest BCUT2D eigenvalue weighted by Crippen LogP contribution is 2.43. The van der Waals surface area contributed by atoms with Gasteiger partial charge < -0.3 is 19.5 Å². The maximum atomic E-state index is 15.2. The Bertz CT molecular complexity index is 1390. The third kappa shape index (κ3) is 4.79. The van der Waals surface area contributed by atoms with Gasteiger partial charge in [-0.05, 0) is 51.5 Å². The fraction of sp³-hybridized carbons (Fsp3) is 0.375. The number of halogens is 4. The van der Waals surface area contributed by atoms with Crippen molar-refractivity contribution in [3.63, 3.8) is 0 Å². The number of aryl methyl sites for hydroxylation is 1. The third-order valence-electron chi connectivity index (χ3n) is 5.80. The average Bonchev–Trinajstić information content (AvgIpc) is 3.17. The van der Waals surface area contributed by atoms with E-state index in [1.165, 1.54) is 47.1 Å². The van der Waals surface area contributed by atoms with Gasteiger partial charge in [-0.25, -0.2) is 18.6 Å². The number of rotatable bonds is 3. The Kier molecular flexibility index (Phi) is 6.44. The highest BCUT2D eigenvalue weighted by molar-refractivity contribution is 6.42. The summed E-state index contributed by atoms with van der Waals surface area (Å²) in [5.74, 6) is -1.37. The van der Waals surface area contributed by atoms with E-state index in [1.54, 1.807) is 20.8 Å². The normalized spacial score (nSPS) is 18.2. The second kappa shape index (κ2) is 8.95. The summed E-state index contributed by atoms with van der Waals surface area (Å²) in [7, 11) is 1.51. The van der Waals surface area contributed by atoms with E-state index in [1.807, 2.05) is 0 Å². The van der Waals surface area contributed by atoms with E-state index in [0.29, 0.717) is 0 Å². The summed E-state index contributed by atoms with van der Waals surface area (Å²) in [5.41, 5.74) is -2.31. The van der Waals surface area contributed by atoms with Gasteiger partial charge >= 0.3 is 6.09 Å². The number of nitrogens with one attached hydrogen (secondary N) is 1. The van der Waals surface area contributed by atoms with Crippen LogP contribution in [0.5, 0.6) is 0 Å². The van der Waals surface area contributed by atoms with Crippen molar-refractivity contribution in [2.75, 3.05) is 18.4 Å². The first kappa shape index (κ1) is 25.2. The summed E-state index contributed by atoms with van der Waals surface area (Å²) in [6, 6.07) is 5.14. The van der Waals surface area contributed by atoms with Crippen molar-refractivity contribution in [2.45, 2.75) is 38.3 Å². The van der Waals surface area contributed by atoms with E-state index in [0.717, 1.165) is 0 Å². The molecule has 1 atom stereocenters. The van der Waals surface area contributed by atoms with Gasteiger partial charge in [-0.2, -0.15) is 0 Å². The van der Waals surface area contributed by atoms with Crippen LogP contribution >= 0.6 is 23.2 Å². The molecule has 186 valence electrons. The monoisotopic (exact) mass is 524 g/mol. The summed E-state index contributed by atoms with van der Waals surface area (Å²) >= 11 is 12.7. The maximum absolute atomic E-state index is 15.2. The zero-order chi connectivity index (χ0) is 25.7. The number of nitrogens with zero attached hydrogens (tertiary/aromatic N) is 3. The largest absolute Gasteiger partial charge is 0.444 e. The van der Waals surface area contributed by atoms with Crippen LogP contribution in [0.15, 0.2) is 35.4 Å². The smallest absolute Gasteiger partial charge is 0.410 e. The average molecular weight is 525 g/mol. The zero-order valence-corrected chi connectivity index (χ0v) is 21.1. The SMILES string of the molecule is Cn1cnc2c(F)cc(N[C@]3(c4c(F)ccc(Cl)c4Cl)CCN(C(=O)OC(C)(C)C)C3)cc2c1=O. The number of anilines is 1. The van der Waals surface area contributed by atoms with Crippen LogP contribution in [0.4, 0.5) is 19.3 Å². The van der Waals surface area contributed by atoms with Gasteiger partial charge in [0.05, 0.1) is 33.8 Å². The highest BCUT2D eigenvalue weighted by Gasteiger charge is 2.46. The number of hydrogen-bond acceptors (Lipinski definition) is 5. The Labute approximate surface area is 210 Å². The molecule has 1 N–H and O–H groups in total. The first-order valence-corrected chi connectivity index (χ1v) is 11.6. The molecule has 1 fully saturated rings. The van der Waals surface area contributed by atoms with Crippen LogP contribution in [0.25, 0.3) is 10.9 Å². The fourth-order valence-corrected chi connectivity index (χ4v) is 4.75. The first-order valence-electron chi connectivity index (χ1n) is 10.9. The van der Waals surface area contributed by atoms with E-state index in [4.69, 9.17) is 27.9 Å². The Morgan fingerprint density at radius 1 is 1.20 bits per heavy atom. The molecule has 1 amide bonds. The minimum atomic E-state index is -1.28. The minimum Gasteiger partial charge on any atom is -0.444 e. The summed E-state index contributed by atoms with van der Waals surface area (Å²) < 4.78 is 36.9. The Morgan fingerprint density at radius 2 is 1.91 bits per heavy atom. The van der Waals surface area contributed by atoms with Crippen molar-refractivity contribution in [1.82, 2.24) is 14.5 Å². The molecular weight excluding hydrogens is 501 g/mol. The molecule has 0 spiro atoms. The van der Waals surface area contributed by atoms with Crippen LogP contribution in [0, 0.1) is 11.6 Å². The Balaban J connectivity index is 1.83. The number of aromatic nitrogens is 2. The molecule has 1 aromatic heterocycles. The molecule has 2 aromatic carbocycles. The van der Waals surface area contributed by atoms with Gasteiger partial charge in [0.1, 0.15) is 16.9 Å². The van der Waals surface area contributed by atoms with Gasteiger partial charge in [-0.3, -0.25) is 4.79 Å². The molecule has 35 heavy (non-hydrogen) atoms. The molecule has 1 saturated heterocycles. The van der Waals surface area contributed by atoms with Gasteiger partial charge in [-0.15, -0.1) is 0 Å². The van der Waals surface area contributed by atoms with Crippen LogP contribution in [-0.4, -0.2) is 39.2 Å². The molecule has 2 heterocycles. The van der Waals surface area contributed by atoms with E-state index < -0.39 is 34.4 Å². The minimum absolute atomic E-state index is 0.0240. The highest BCUT2D eigenvalue weighted by atomic mass is 35.5. The van der Waals surface area contributed by atoms with Gasteiger partial charge in [-0.1, -0.05) is 23.2 Å². The quantitative estimate of drug-likeness (QED) is 0.460. The van der Waals surface area contributed by atoms with Crippen molar-refractivity contribution in [2.24, 2.45) is 7.05 Å². The van der Waals surface area contributed by atoms with Gasteiger partial charge in [0.25, 0.3) is 5.56 Å². The van der Waals surface area contributed by atoms with Crippen LogP contribution in [0.3, 0.4) is 0 Å². The molecule has 0 unspecified atom stereocenters. The fourth-order valence-electron chi connectivity index (χ4n) is 4.25. The summed E-state index contributed by atoms with van der Waals surface area (Å²) in [5, 5.41) is 3.31. The molecule has 0 bridgehead atoms. The lowest BCUT2D eigenvalue weighted by atomic mass is 9.87. The number of hydrogen-bond donors (Lipinski definition) is 1.